The third-order valence-electron chi connectivity index (χ3n) is 2.86. The van der Waals surface area contributed by atoms with Crippen molar-refractivity contribution < 1.29 is 0 Å². The molecule has 0 heterocycles. The van der Waals surface area contributed by atoms with Crippen LogP contribution in [0, 0.1) is 5.92 Å². The van der Waals surface area contributed by atoms with Gasteiger partial charge in [-0.3, -0.25) is 0 Å². The fourth-order valence-electron chi connectivity index (χ4n) is 1.50. The molecule has 0 amide bonds. The summed E-state index contributed by atoms with van der Waals surface area (Å²) in [6.45, 7) is 4.60. The van der Waals surface area contributed by atoms with Gasteiger partial charge in [0, 0.05) is 0 Å². The van der Waals surface area contributed by atoms with Gasteiger partial charge in [0.2, 0.25) is 0 Å². The van der Waals surface area contributed by atoms with E-state index < -0.39 is 0 Å². The van der Waals surface area contributed by atoms with Gasteiger partial charge in [0.15, 0.2) is 0 Å². The van der Waals surface area contributed by atoms with Gasteiger partial charge in [-0.25, -0.2) is 0 Å². The third-order valence-corrected chi connectivity index (χ3v) is 2.86. The van der Waals surface area contributed by atoms with E-state index in [1.165, 1.54) is 29.1 Å². The summed E-state index contributed by atoms with van der Waals surface area (Å²) in [6.07, 6.45) is 3.86. The van der Waals surface area contributed by atoms with Crippen LogP contribution in [0.3, 0.4) is 0 Å². The standard InChI is InChI=1S/C12H17.Li/c1-3-11(2)9-10-12-7-5-4-6-8-12;/h4-7,11H,3,9-10H2,1-2H3;. The molecule has 0 saturated carbocycles. The van der Waals surface area contributed by atoms with Gasteiger partial charge in [-0.1, -0.05) is 0 Å². The predicted molar refractivity (Wildman–Crippen MR) is 59.6 cm³/mol. The van der Waals surface area contributed by atoms with E-state index in [2.05, 4.69) is 55.8 Å². The van der Waals surface area contributed by atoms with E-state index in [4.69, 9.17) is 0 Å². The second-order valence-corrected chi connectivity index (χ2v) is 3.98. The van der Waals surface area contributed by atoms with Crippen molar-refractivity contribution in [3.63, 3.8) is 0 Å². The Morgan fingerprint density at radius 2 is 2.00 bits per heavy atom. The zero-order valence-electron chi connectivity index (χ0n) is 9.01. The van der Waals surface area contributed by atoms with E-state index in [1.807, 2.05) is 0 Å². The molecule has 13 heavy (non-hydrogen) atoms. The Labute approximate surface area is 90.9 Å². The van der Waals surface area contributed by atoms with Crippen LogP contribution in [-0.2, 0) is 6.42 Å². The Morgan fingerprint density at radius 3 is 2.62 bits per heavy atom. The Balaban J connectivity index is 2.50. The Kier molecular flexibility index (Phi) is 4.63. The van der Waals surface area contributed by atoms with Crippen LogP contribution >= 0.6 is 0 Å². The fourth-order valence-corrected chi connectivity index (χ4v) is 1.50. The number of aryl methyl sites for hydroxylation is 1. The summed E-state index contributed by atoms with van der Waals surface area (Å²) in [5, 5.41) is 0. The summed E-state index contributed by atoms with van der Waals surface area (Å²) in [7, 11) is 0. The predicted octanol–water partition coefficient (Wildman–Crippen LogP) is 2.46. The van der Waals surface area contributed by atoms with Crippen molar-refractivity contribution in [1.82, 2.24) is 0 Å². The first kappa shape index (κ1) is 10.9. The Bertz CT molecular complexity index is 255. The molecule has 0 fully saturated rings. The molecule has 1 heteroatoms. The topological polar surface area (TPSA) is 0 Å². The molecule has 0 bridgehead atoms. The van der Waals surface area contributed by atoms with Crippen molar-refractivity contribution in [3.8, 4) is 0 Å². The van der Waals surface area contributed by atoms with Gasteiger partial charge in [0.1, 0.15) is 0 Å². The molecule has 0 spiro atoms. The van der Waals surface area contributed by atoms with Gasteiger partial charge in [-0.2, -0.15) is 0 Å². The molecular formula is C12H17Li. The quantitative estimate of drug-likeness (QED) is 0.606. The van der Waals surface area contributed by atoms with Crippen molar-refractivity contribution in [3.05, 3.63) is 29.8 Å². The summed E-state index contributed by atoms with van der Waals surface area (Å²) in [4.78, 5) is 0. The number of benzene rings is 1. The SMILES string of the molecule is [Li][c]1ccccc1CCC(C)CC. The van der Waals surface area contributed by atoms with E-state index in [-0.39, 0.29) is 0 Å². The zero-order valence-corrected chi connectivity index (χ0v) is 9.01. The first-order chi connectivity index (χ1) is 6.24. The van der Waals surface area contributed by atoms with Crippen LogP contribution in [0.1, 0.15) is 32.3 Å². The molecule has 0 saturated heterocycles. The van der Waals surface area contributed by atoms with Gasteiger partial charge in [0.25, 0.3) is 0 Å². The van der Waals surface area contributed by atoms with E-state index in [0.29, 0.717) is 0 Å². The van der Waals surface area contributed by atoms with Crippen LogP contribution in [0.2, 0.25) is 0 Å². The van der Waals surface area contributed by atoms with Crippen molar-refractivity contribution >= 4 is 22.0 Å². The van der Waals surface area contributed by atoms with Gasteiger partial charge >= 0.3 is 90.8 Å². The Hall–Kier alpha value is -0.183. The van der Waals surface area contributed by atoms with E-state index >= 15 is 0 Å². The van der Waals surface area contributed by atoms with Crippen molar-refractivity contribution in [2.45, 2.75) is 33.1 Å². The van der Waals surface area contributed by atoms with Crippen LogP contribution < -0.4 is 4.24 Å². The minimum atomic E-state index is 0.861. The molecule has 0 aliphatic carbocycles. The molecule has 1 rings (SSSR count). The summed E-state index contributed by atoms with van der Waals surface area (Å²) in [5.74, 6) is 0.861. The third kappa shape index (κ3) is 3.59. The second-order valence-electron chi connectivity index (χ2n) is 3.98. The molecule has 0 radical (unpaired) electrons. The molecule has 1 aromatic rings. The molecule has 1 atom stereocenters. The molecule has 0 nitrogen and oxygen atoms in total. The summed E-state index contributed by atoms with van der Waals surface area (Å²) >= 11 is 2.20. The molecular weight excluding hydrogens is 151 g/mol. The maximum atomic E-state index is 2.33. The van der Waals surface area contributed by atoms with Gasteiger partial charge in [-0.05, 0) is 0 Å². The van der Waals surface area contributed by atoms with Crippen LogP contribution in [0.15, 0.2) is 24.3 Å². The van der Waals surface area contributed by atoms with Gasteiger partial charge in [-0.15, -0.1) is 0 Å². The molecule has 0 aliphatic heterocycles. The summed E-state index contributed by atoms with van der Waals surface area (Å²) in [6, 6.07) is 8.70. The molecule has 0 aromatic heterocycles. The van der Waals surface area contributed by atoms with Crippen LogP contribution in [0.5, 0.6) is 0 Å². The Morgan fingerprint density at radius 1 is 1.31 bits per heavy atom. The van der Waals surface area contributed by atoms with Gasteiger partial charge in [0.05, 0.1) is 0 Å². The van der Waals surface area contributed by atoms with Crippen molar-refractivity contribution in [2.75, 3.05) is 0 Å². The molecule has 1 unspecified atom stereocenters. The van der Waals surface area contributed by atoms with Crippen LogP contribution in [0.4, 0.5) is 0 Å². The average Bonchev–Trinajstić information content (AvgIpc) is 2.16. The van der Waals surface area contributed by atoms with Crippen molar-refractivity contribution in [1.29, 1.82) is 0 Å². The van der Waals surface area contributed by atoms with E-state index in [0.717, 1.165) is 5.92 Å². The monoisotopic (exact) mass is 168 g/mol. The molecule has 0 N–H and O–H groups in total. The van der Waals surface area contributed by atoms with Crippen LogP contribution in [-0.4, -0.2) is 17.7 Å². The maximum absolute atomic E-state index is 2.33. The number of hydrogen-bond donors (Lipinski definition) is 0. The number of rotatable bonds is 4. The first-order valence-electron chi connectivity index (χ1n) is 5.28. The van der Waals surface area contributed by atoms with E-state index in [1.54, 1.807) is 0 Å². The zero-order chi connectivity index (χ0) is 9.68. The number of hydrogen-bond acceptors (Lipinski definition) is 0. The summed E-state index contributed by atoms with van der Waals surface area (Å²) < 4.78 is 1.44. The second kappa shape index (κ2) is 5.53. The summed E-state index contributed by atoms with van der Waals surface area (Å²) in [5.41, 5.74) is 1.52. The normalized spacial score (nSPS) is 12.9. The molecule has 66 valence electrons. The van der Waals surface area contributed by atoms with E-state index in [9.17, 15) is 0 Å². The first-order valence-corrected chi connectivity index (χ1v) is 5.28. The van der Waals surface area contributed by atoms with Crippen LogP contribution in [0.25, 0.3) is 0 Å². The minimum absolute atomic E-state index is 0.861. The molecule has 1 aromatic carbocycles. The van der Waals surface area contributed by atoms with Crippen molar-refractivity contribution in [2.24, 2.45) is 5.92 Å². The fraction of sp³-hybridized carbons (Fsp3) is 0.500. The average molecular weight is 168 g/mol. The molecule has 0 aliphatic rings. The van der Waals surface area contributed by atoms with Gasteiger partial charge < -0.3 is 0 Å².